The van der Waals surface area contributed by atoms with Crippen LogP contribution in [-0.2, 0) is 14.4 Å². The zero-order valence-corrected chi connectivity index (χ0v) is 8.53. The maximum atomic E-state index is 11.4. The van der Waals surface area contributed by atoms with Gasteiger partial charge in [0.05, 0.1) is 0 Å². The molecular weight excluding hydrogens is 184 g/mol. The second kappa shape index (κ2) is 5.32. The first-order chi connectivity index (χ1) is 6.41. The number of carbonyl (C=O) groups excluding carboxylic acids is 2. The summed E-state index contributed by atoms with van der Waals surface area (Å²) in [6.07, 6.45) is 2.25. The van der Waals surface area contributed by atoms with Crippen molar-refractivity contribution in [2.45, 2.75) is 27.2 Å². The van der Waals surface area contributed by atoms with Gasteiger partial charge in [-0.25, -0.2) is 0 Å². The van der Waals surface area contributed by atoms with Gasteiger partial charge in [-0.3, -0.25) is 14.4 Å². The Hall–Kier alpha value is -1.45. The minimum Gasteiger partial charge on any atom is -0.480 e. The molecule has 0 rings (SSSR count). The fourth-order valence-electron chi connectivity index (χ4n) is 1.11. The molecule has 0 aromatic heterocycles. The van der Waals surface area contributed by atoms with E-state index in [4.69, 9.17) is 5.11 Å². The highest BCUT2D eigenvalue weighted by atomic mass is 16.4. The van der Waals surface area contributed by atoms with E-state index in [0.717, 1.165) is 6.92 Å². The van der Waals surface area contributed by atoms with Crippen LogP contribution in [0.5, 0.6) is 0 Å². The Kier molecular flexibility index (Phi) is 4.77. The number of carboxylic acids is 1. The second-order valence-electron chi connectivity index (χ2n) is 3.04. The average molecular weight is 198 g/mol. The lowest BCUT2D eigenvalue weighted by molar-refractivity contribution is -0.148. The fourth-order valence-corrected chi connectivity index (χ4v) is 1.11. The molecule has 1 atom stereocenters. The van der Waals surface area contributed by atoms with E-state index in [9.17, 15) is 14.4 Å². The largest absolute Gasteiger partial charge is 0.480 e. The highest BCUT2D eigenvalue weighted by Gasteiger charge is 2.31. The molecule has 0 bridgehead atoms. The highest BCUT2D eigenvalue weighted by molar-refractivity contribution is 6.21. The summed E-state index contributed by atoms with van der Waals surface area (Å²) >= 11 is 0. The molecule has 0 spiro atoms. The molecule has 0 saturated carbocycles. The van der Waals surface area contributed by atoms with Gasteiger partial charge in [0.2, 0.25) is 0 Å². The molecule has 0 aromatic rings. The molecule has 4 heteroatoms. The number of carboxylic acid groups (broad SMARTS) is 1. The van der Waals surface area contributed by atoms with Crippen molar-refractivity contribution in [3.63, 3.8) is 0 Å². The minimum absolute atomic E-state index is 0.329. The van der Waals surface area contributed by atoms with Crippen LogP contribution in [0, 0.1) is 5.92 Å². The Bertz CT molecular complexity index is 274. The van der Waals surface area contributed by atoms with E-state index < -0.39 is 23.5 Å². The van der Waals surface area contributed by atoms with Crippen molar-refractivity contribution in [1.29, 1.82) is 0 Å². The molecule has 0 aromatic carbocycles. The molecule has 4 nitrogen and oxygen atoms in total. The average Bonchev–Trinajstić information content (AvgIpc) is 2.03. The lowest BCUT2D eigenvalue weighted by atomic mass is 9.95. The molecular formula is C10H14O4. The smallest absolute Gasteiger partial charge is 0.322 e. The van der Waals surface area contributed by atoms with E-state index in [1.165, 1.54) is 6.92 Å². The van der Waals surface area contributed by atoms with Crippen molar-refractivity contribution < 1.29 is 19.5 Å². The molecule has 1 unspecified atom stereocenters. The van der Waals surface area contributed by atoms with E-state index in [-0.39, 0.29) is 0 Å². The van der Waals surface area contributed by atoms with Crippen molar-refractivity contribution in [3.05, 3.63) is 11.6 Å². The standard InChI is InChI=1S/C10H14O4/c1-4-5-6(2)9(12)8(7(3)11)10(13)14/h5,8H,4H2,1-3H3,(H,13,14). The van der Waals surface area contributed by atoms with E-state index >= 15 is 0 Å². The van der Waals surface area contributed by atoms with Gasteiger partial charge in [0.15, 0.2) is 17.5 Å². The summed E-state index contributed by atoms with van der Waals surface area (Å²) in [6.45, 7) is 4.46. The molecule has 0 aliphatic heterocycles. The van der Waals surface area contributed by atoms with Gasteiger partial charge < -0.3 is 5.11 Å². The maximum Gasteiger partial charge on any atom is 0.322 e. The number of ketones is 2. The first-order valence-electron chi connectivity index (χ1n) is 4.36. The van der Waals surface area contributed by atoms with Crippen molar-refractivity contribution in [2.75, 3.05) is 0 Å². The molecule has 0 aliphatic carbocycles. The van der Waals surface area contributed by atoms with Crippen LogP contribution in [0.4, 0.5) is 0 Å². The van der Waals surface area contributed by atoms with Crippen LogP contribution < -0.4 is 0 Å². The number of hydrogen-bond donors (Lipinski definition) is 1. The molecule has 0 aliphatic rings. The van der Waals surface area contributed by atoms with E-state index in [0.29, 0.717) is 12.0 Å². The molecule has 0 heterocycles. The predicted molar refractivity (Wildman–Crippen MR) is 50.9 cm³/mol. The van der Waals surface area contributed by atoms with Gasteiger partial charge in [0, 0.05) is 0 Å². The van der Waals surface area contributed by atoms with Crippen molar-refractivity contribution in [3.8, 4) is 0 Å². The Balaban J connectivity index is 4.87. The monoisotopic (exact) mass is 198 g/mol. The molecule has 0 fully saturated rings. The number of Topliss-reactive ketones (excluding diaryl/α,β-unsaturated/α-hetero) is 2. The van der Waals surface area contributed by atoms with Crippen LogP contribution in [0.25, 0.3) is 0 Å². The maximum absolute atomic E-state index is 11.4. The molecule has 0 radical (unpaired) electrons. The quantitative estimate of drug-likeness (QED) is 0.532. The van der Waals surface area contributed by atoms with Gasteiger partial charge in [-0.05, 0) is 25.8 Å². The molecule has 0 amide bonds. The molecule has 1 N–H and O–H groups in total. The predicted octanol–water partition coefficient (Wildman–Crippen LogP) is 1.20. The highest BCUT2D eigenvalue weighted by Crippen LogP contribution is 2.09. The van der Waals surface area contributed by atoms with E-state index in [2.05, 4.69) is 0 Å². The van der Waals surface area contributed by atoms with Crippen LogP contribution in [0.15, 0.2) is 11.6 Å². The van der Waals surface area contributed by atoms with Gasteiger partial charge in [-0.15, -0.1) is 0 Å². The van der Waals surface area contributed by atoms with Crippen LogP contribution in [0.3, 0.4) is 0 Å². The van der Waals surface area contributed by atoms with Crippen LogP contribution >= 0.6 is 0 Å². The summed E-state index contributed by atoms with van der Waals surface area (Å²) in [7, 11) is 0. The molecule has 78 valence electrons. The third kappa shape index (κ3) is 3.12. The fraction of sp³-hybridized carbons (Fsp3) is 0.500. The number of aliphatic carboxylic acids is 1. The third-order valence-electron chi connectivity index (χ3n) is 1.81. The lowest BCUT2D eigenvalue weighted by Gasteiger charge is -2.07. The molecule has 14 heavy (non-hydrogen) atoms. The second-order valence-corrected chi connectivity index (χ2v) is 3.04. The Morgan fingerprint density at radius 3 is 2.07 bits per heavy atom. The number of hydrogen-bond acceptors (Lipinski definition) is 3. The first-order valence-corrected chi connectivity index (χ1v) is 4.36. The number of allylic oxidation sites excluding steroid dienone is 2. The van der Waals surface area contributed by atoms with Crippen molar-refractivity contribution >= 4 is 17.5 Å². The van der Waals surface area contributed by atoms with Gasteiger partial charge in [0.25, 0.3) is 0 Å². The summed E-state index contributed by atoms with van der Waals surface area (Å²) in [5.74, 6) is -4.18. The van der Waals surface area contributed by atoms with E-state index in [1.807, 2.05) is 6.92 Å². The van der Waals surface area contributed by atoms with E-state index in [1.54, 1.807) is 6.08 Å². The zero-order valence-electron chi connectivity index (χ0n) is 8.53. The van der Waals surface area contributed by atoms with Crippen LogP contribution in [-0.4, -0.2) is 22.6 Å². The van der Waals surface area contributed by atoms with Crippen LogP contribution in [0.2, 0.25) is 0 Å². The van der Waals surface area contributed by atoms with Crippen molar-refractivity contribution in [2.24, 2.45) is 5.92 Å². The van der Waals surface area contributed by atoms with Crippen LogP contribution in [0.1, 0.15) is 27.2 Å². The first kappa shape index (κ1) is 12.6. The van der Waals surface area contributed by atoms with Crippen molar-refractivity contribution in [1.82, 2.24) is 0 Å². The van der Waals surface area contributed by atoms with Gasteiger partial charge >= 0.3 is 5.97 Å². The number of carbonyl (C=O) groups is 3. The number of rotatable bonds is 5. The Morgan fingerprint density at radius 1 is 1.29 bits per heavy atom. The SMILES string of the molecule is CCC=C(C)C(=O)C(C(C)=O)C(=O)O. The summed E-state index contributed by atoms with van der Waals surface area (Å²) in [5.41, 5.74) is 0.329. The van der Waals surface area contributed by atoms with Gasteiger partial charge in [-0.2, -0.15) is 0 Å². The zero-order chi connectivity index (χ0) is 11.3. The van der Waals surface area contributed by atoms with Gasteiger partial charge in [0.1, 0.15) is 0 Å². The summed E-state index contributed by atoms with van der Waals surface area (Å²) in [4.78, 5) is 33.0. The lowest BCUT2D eigenvalue weighted by Crippen LogP contribution is -2.30. The third-order valence-corrected chi connectivity index (χ3v) is 1.81. The van der Waals surface area contributed by atoms with Gasteiger partial charge in [-0.1, -0.05) is 13.0 Å². The normalized spacial score (nSPS) is 13.5. The molecule has 0 saturated heterocycles. The Morgan fingerprint density at radius 2 is 1.79 bits per heavy atom. The minimum atomic E-state index is -1.54. The Labute approximate surface area is 82.6 Å². The summed E-state index contributed by atoms with van der Waals surface area (Å²) in [5, 5.41) is 8.66. The topological polar surface area (TPSA) is 71.4 Å². The summed E-state index contributed by atoms with van der Waals surface area (Å²) in [6, 6.07) is 0. The summed E-state index contributed by atoms with van der Waals surface area (Å²) < 4.78 is 0.